The molecule has 6 nitrogen and oxygen atoms in total. The van der Waals surface area contributed by atoms with Crippen LogP contribution in [0.4, 0.5) is 0 Å². The van der Waals surface area contributed by atoms with Gasteiger partial charge in [-0.2, -0.15) is 5.10 Å². The molecule has 132 valence electrons. The van der Waals surface area contributed by atoms with Gasteiger partial charge in [-0.25, -0.2) is 5.43 Å². The Morgan fingerprint density at radius 1 is 1.16 bits per heavy atom. The fraction of sp³-hybridized carbons (Fsp3) is 0.333. The van der Waals surface area contributed by atoms with Gasteiger partial charge in [-0.15, -0.1) is 0 Å². The van der Waals surface area contributed by atoms with Gasteiger partial charge in [-0.05, 0) is 23.8 Å². The normalized spacial score (nSPS) is 16.4. The molecular formula is C18H21ClN4O2. The van der Waals surface area contributed by atoms with Crippen LogP contribution in [0.2, 0.25) is 5.02 Å². The van der Waals surface area contributed by atoms with E-state index >= 15 is 0 Å². The lowest BCUT2D eigenvalue weighted by Crippen LogP contribution is -2.48. The number of nitrogens with zero attached hydrogens (tertiary/aromatic N) is 3. The van der Waals surface area contributed by atoms with Gasteiger partial charge < -0.3 is 4.42 Å². The predicted octanol–water partition coefficient (Wildman–Crippen LogP) is 2.20. The van der Waals surface area contributed by atoms with E-state index in [1.807, 2.05) is 18.2 Å². The van der Waals surface area contributed by atoms with E-state index in [9.17, 15) is 4.79 Å². The molecule has 1 aromatic carbocycles. The van der Waals surface area contributed by atoms with Crippen LogP contribution in [-0.4, -0.2) is 54.6 Å². The molecule has 0 unspecified atom stereocenters. The van der Waals surface area contributed by atoms with E-state index in [-0.39, 0.29) is 5.91 Å². The van der Waals surface area contributed by atoms with Crippen molar-refractivity contribution in [2.24, 2.45) is 5.10 Å². The van der Waals surface area contributed by atoms with Crippen molar-refractivity contribution >= 4 is 23.7 Å². The van der Waals surface area contributed by atoms with Gasteiger partial charge in [0.05, 0.1) is 19.0 Å². The molecular weight excluding hydrogens is 340 g/mol. The maximum Gasteiger partial charge on any atom is 0.254 e. The van der Waals surface area contributed by atoms with Crippen LogP contribution in [0, 0.1) is 0 Å². The lowest BCUT2D eigenvalue weighted by Gasteiger charge is -2.34. The summed E-state index contributed by atoms with van der Waals surface area (Å²) in [7, 11) is 0. The van der Waals surface area contributed by atoms with Gasteiger partial charge in [0.15, 0.2) is 0 Å². The molecule has 0 radical (unpaired) electrons. The third kappa shape index (κ3) is 5.42. The molecule has 0 bridgehead atoms. The number of rotatable bonds is 6. The number of piperazine rings is 1. The van der Waals surface area contributed by atoms with Gasteiger partial charge in [-0.3, -0.25) is 14.6 Å². The highest BCUT2D eigenvalue weighted by Gasteiger charge is 2.19. The van der Waals surface area contributed by atoms with Crippen LogP contribution in [0.1, 0.15) is 11.3 Å². The predicted molar refractivity (Wildman–Crippen MR) is 97.6 cm³/mol. The third-order valence-corrected chi connectivity index (χ3v) is 4.48. The molecule has 0 atom stereocenters. The summed E-state index contributed by atoms with van der Waals surface area (Å²) in [6.07, 6.45) is 3.05. The molecule has 1 saturated heterocycles. The van der Waals surface area contributed by atoms with Crippen molar-refractivity contribution in [2.75, 3.05) is 32.7 Å². The number of benzene rings is 1. The Hall–Kier alpha value is -2.15. The number of carbonyl (C=O) groups excluding carboxylic acids is 1. The van der Waals surface area contributed by atoms with Crippen LogP contribution < -0.4 is 5.43 Å². The van der Waals surface area contributed by atoms with Gasteiger partial charge in [-0.1, -0.05) is 29.8 Å². The van der Waals surface area contributed by atoms with Crippen LogP contribution in [0.15, 0.2) is 52.2 Å². The van der Waals surface area contributed by atoms with Crippen LogP contribution in [0.25, 0.3) is 0 Å². The monoisotopic (exact) mass is 360 g/mol. The number of halogens is 1. The molecule has 1 aromatic heterocycles. The smallest absolute Gasteiger partial charge is 0.254 e. The summed E-state index contributed by atoms with van der Waals surface area (Å²) >= 11 is 6.22. The first-order valence-electron chi connectivity index (χ1n) is 8.24. The Kier molecular flexibility index (Phi) is 6.22. The molecule has 1 fully saturated rings. The number of nitrogens with one attached hydrogen (secondary N) is 1. The van der Waals surface area contributed by atoms with Gasteiger partial charge in [0.2, 0.25) is 0 Å². The molecule has 1 aliphatic rings. The minimum absolute atomic E-state index is 0.123. The zero-order valence-corrected chi connectivity index (χ0v) is 14.7. The largest absolute Gasteiger partial charge is 0.463 e. The lowest BCUT2D eigenvalue weighted by atomic mass is 10.2. The van der Waals surface area contributed by atoms with Crippen molar-refractivity contribution in [1.82, 2.24) is 15.2 Å². The Morgan fingerprint density at radius 2 is 1.92 bits per heavy atom. The number of furan rings is 1. The topological polar surface area (TPSA) is 61.1 Å². The van der Waals surface area contributed by atoms with Crippen molar-refractivity contribution < 1.29 is 9.21 Å². The highest BCUT2D eigenvalue weighted by Crippen LogP contribution is 2.17. The zero-order chi connectivity index (χ0) is 17.5. The van der Waals surface area contributed by atoms with Gasteiger partial charge in [0.1, 0.15) is 5.76 Å². The second kappa shape index (κ2) is 8.80. The van der Waals surface area contributed by atoms with Crippen molar-refractivity contribution in [3.05, 3.63) is 59.0 Å². The highest BCUT2D eigenvalue weighted by molar-refractivity contribution is 6.31. The fourth-order valence-corrected chi connectivity index (χ4v) is 2.94. The third-order valence-electron chi connectivity index (χ3n) is 4.11. The Morgan fingerprint density at radius 3 is 2.64 bits per heavy atom. The van der Waals surface area contributed by atoms with Crippen molar-refractivity contribution in [3.63, 3.8) is 0 Å². The molecule has 0 aliphatic carbocycles. The Balaban J connectivity index is 1.38. The van der Waals surface area contributed by atoms with Crippen molar-refractivity contribution in [1.29, 1.82) is 0 Å². The van der Waals surface area contributed by atoms with E-state index in [2.05, 4.69) is 26.4 Å². The number of carbonyl (C=O) groups is 1. The van der Waals surface area contributed by atoms with Crippen LogP contribution in [-0.2, 0) is 11.3 Å². The average Bonchev–Trinajstić information content (AvgIpc) is 3.12. The lowest BCUT2D eigenvalue weighted by molar-refractivity contribution is -0.122. The maximum absolute atomic E-state index is 11.9. The van der Waals surface area contributed by atoms with Crippen molar-refractivity contribution in [3.8, 4) is 0 Å². The Bertz CT molecular complexity index is 710. The molecule has 2 aromatic rings. The average molecular weight is 361 g/mol. The van der Waals surface area contributed by atoms with Crippen molar-refractivity contribution in [2.45, 2.75) is 6.54 Å². The van der Waals surface area contributed by atoms with Crippen LogP contribution >= 0.6 is 11.6 Å². The summed E-state index contributed by atoms with van der Waals surface area (Å²) in [6.45, 7) is 4.70. The Labute approximate surface area is 152 Å². The molecule has 1 N–H and O–H groups in total. The summed E-state index contributed by atoms with van der Waals surface area (Å²) in [5.74, 6) is 0.482. The first-order chi connectivity index (χ1) is 12.2. The molecule has 1 amide bonds. The number of amides is 1. The number of hydrogen-bond acceptors (Lipinski definition) is 5. The fourth-order valence-electron chi connectivity index (χ4n) is 2.74. The molecule has 2 heterocycles. The molecule has 25 heavy (non-hydrogen) atoms. The first-order valence-corrected chi connectivity index (χ1v) is 8.62. The number of hydrogen-bond donors (Lipinski definition) is 1. The quantitative estimate of drug-likeness (QED) is 0.633. The summed E-state index contributed by atoms with van der Waals surface area (Å²) in [6, 6.07) is 11.5. The second-order valence-electron chi connectivity index (χ2n) is 5.95. The van der Waals surface area contributed by atoms with E-state index in [4.69, 9.17) is 16.0 Å². The van der Waals surface area contributed by atoms with Crippen LogP contribution in [0.3, 0.4) is 0 Å². The minimum Gasteiger partial charge on any atom is -0.463 e. The first kappa shape index (κ1) is 17.7. The van der Waals surface area contributed by atoms with Gasteiger partial charge in [0.25, 0.3) is 5.91 Å². The maximum atomic E-state index is 11.9. The highest BCUT2D eigenvalue weighted by atomic mass is 35.5. The van der Waals surface area contributed by atoms with E-state index in [1.165, 1.54) is 6.21 Å². The van der Waals surface area contributed by atoms with E-state index in [1.54, 1.807) is 18.4 Å². The standard InChI is InChI=1S/C18H21ClN4O2/c19-17-6-2-1-4-15(17)13-22-7-9-23(10-8-22)14-18(24)21-20-12-16-5-3-11-25-16/h1-6,11-12H,7-10,13-14H2,(H,21,24)/b20-12-. The van der Waals surface area contributed by atoms with Gasteiger partial charge >= 0.3 is 0 Å². The molecule has 0 spiro atoms. The molecule has 1 aliphatic heterocycles. The second-order valence-corrected chi connectivity index (χ2v) is 6.36. The summed E-state index contributed by atoms with van der Waals surface area (Å²) in [5, 5.41) is 4.69. The SMILES string of the molecule is O=C(CN1CCN(Cc2ccccc2Cl)CC1)N/N=C\c1ccco1. The number of hydrazone groups is 1. The summed E-state index contributed by atoms with van der Waals surface area (Å²) in [5.41, 5.74) is 3.67. The summed E-state index contributed by atoms with van der Waals surface area (Å²) < 4.78 is 5.11. The molecule has 7 heteroatoms. The van der Waals surface area contributed by atoms with Crippen LogP contribution in [0.5, 0.6) is 0 Å². The zero-order valence-electron chi connectivity index (χ0n) is 13.9. The summed E-state index contributed by atoms with van der Waals surface area (Å²) in [4.78, 5) is 16.4. The van der Waals surface area contributed by atoms with E-state index < -0.39 is 0 Å². The van der Waals surface area contributed by atoms with E-state index in [0.717, 1.165) is 43.3 Å². The minimum atomic E-state index is -0.123. The van der Waals surface area contributed by atoms with E-state index in [0.29, 0.717) is 12.3 Å². The molecule has 0 saturated carbocycles. The van der Waals surface area contributed by atoms with Gasteiger partial charge in [0, 0.05) is 37.7 Å². The molecule has 3 rings (SSSR count).